The first kappa shape index (κ1) is 17.2. The van der Waals surface area contributed by atoms with Crippen LogP contribution in [0.15, 0.2) is 59.6 Å². The summed E-state index contributed by atoms with van der Waals surface area (Å²) in [6, 6.07) is 9.43. The second-order valence-electron chi connectivity index (χ2n) is 6.25. The molecule has 1 aliphatic heterocycles. The number of nitrogens with zero attached hydrogens (tertiary/aromatic N) is 3. The summed E-state index contributed by atoms with van der Waals surface area (Å²) in [7, 11) is 0. The van der Waals surface area contributed by atoms with Gasteiger partial charge in [-0.25, -0.2) is 14.4 Å². The van der Waals surface area contributed by atoms with Gasteiger partial charge in [0.05, 0.1) is 12.1 Å². The lowest BCUT2D eigenvalue weighted by Crippen LogP contribution is -2.21. The van der Waals surface area contributed by atoms with Crippen LogP contribution in [0.4, 0.5) is 19.0 Å². The van der Waals surface area contributed by atoms with E-state index in [1.807, 2.05) is 19.1 Å². The van der Waals surface area contributed by atoms with Crippen LogP contribution in [-0.2, 0) is 5.92 Å². The molecular weight excluding hydrogens is 353 g/mol. The van der Waals surface area contributed by atoms with Crippen molar-refractivity contribution in [1.29, 1.82) is 0 Å². The number of hydrogen-bond acceptors (Lipinski definition) is 4. The molecule has 27 heavy (non-hydrogen) atoms. The van der Waals surface area contributed by atoms with Crippen LogP contribution < -0.4 is 5.32 Å². The highest BCUT2D eigenvalue weighted by atomic mass is 19.3. The fourth-order valence-electron chi connectivity index (χ4n) is 2.83. The van der Waals surface area contributed by atoms with Gasteiger partial charge in [0.15, 0.2) is 0 Å². The Kier molecular flexibility index (Phi) is 4.14. The number of alkyl halides is 2. The van der Waals surface area contributed by atoms with Gasteiger partial charge < -0.3 is 5.32 Å². The third kappa shape index (κ3) is 3.28. The summed E-state index contributed by atoms with van der Waals surface area (Å²) in [6.45, 7) is 2.39. The van der Waals surface area contributed by atoms with E-state index in [1.54, 1.807) is 18.2 Å². The molecule has 0 atom stereocenters. The van der Waals surface area contributed by atoms with E-state index in [1.165, 1.54) is 0 Å². The molecular formula is C20H15F3N4. The molecule has 7 heteroatoms. The number of halogens is 3. The molecule has 0 amide bonds. The zero-order chi connectivity index (χ0) is 19.0. The summed E-state index contributed by atoms with van der Waals surface area (Å²) in [6.07, 6.45) is 3.61. The van der Waals surface area contributed by atoms with Crippen LogP contribution in [0.5, 0.6) is 0 Å². The Balaban J connectivity index is 1.87. The zero-order valence-corrected chi connectivity index (χ0v) is 14.4. The Bertz CT molecular complexity index is 1070. The van der Waals surface area contributed by atoms with E-state index in [0.717, 1.165) is 29.8 Å². The van der Waals surface area contributed by atoms with Crippen molar-refractivity contribution >= 4 is 22.6 Å². The van der Waals surface area contributed by atoms with Gasteiger partial charge in [-0.05, 0) is 55.0 Å². The molecule has 0 saturated carbocycles. The minimum absolute atomic E-state index is 0.252. The number of aryl methyl sites for hydroxylation is 1. The Morgan fingerprint density at radius 2 is 1.81 bits per heavy atom. The number of benzene rings is 2. The van der Waals surface area contributed by atoms with E-state index in [4.69, 9.17) is 0 Å². The van der Waals surface area contributed by atoms with Crippen LogP contribution in [0.1, 0.15) is 17.0 Å². The van der Waals surface area contributed by atoms with Gasteiger partial charge in [0, 0.05) is 10.9 Å². The van der Waals surface area contributed by atoms with E-state index in [0.29, 0.717) is 23.3 Å². The third-order valence-electron chi connectivity index (χ3n) is 4.23. The normalized spacial score (nSPS) is 13.9. The van der Waals surface area contributed by atoms with Gasteiger partial charge in [-0.1, -0.05) is 12.1 Å². The molecule has 3 aromatic rings. The van der Waals surface area contributed by atoms with Crippen molar-refractivity contribution in [3.63, 3.8) is 0 Å². The average Bonchev–Trinajstić information content (AvgIpc) is 3.14. The van der Waals surface area contributed by atoms with Gasteiger partial charge in [0.25, 0.3) is 0 Å². The SMILES string of the molecule is Cc1ccc2c(NC3=NCC=C3)nc(C(F)(F)c3ccc(F)cc3)nc2c1. The molecule has 0 unspecified atom stereocenters. The average molecular weight is 368 g/mol. The molecule has 2 aromatic carbocycles. The van der Waals surface area contributed by atoms with E-state index < -0.39 is 17.6 Å². The first-order valence-corrected chi connectivity index (χ1v) is 8.34. The molecule has 0 saturated heterocycles. The van der Waals surface area contributed by atoms with Crippen molar-refractivity contribution in [2.24, 2.45) is 4.99 Å². The van der Waals surface area contributed by atoms with E-state index in [9.17, 15) is 4.39 Å². The number of fused-ring (bicyclic) bond motifs is 1. The summed E-state index contributed by atoms with van der Waals surface area (Å²) < 4.78 is 43.2. The molecule has 4 rings (SSSR count). The van der Waals surface area contributed by atoms with Gasteiger partial charge in [-0.15, -0.1) is 0 Å². The van der Waals surface area contributed by atoms with Gasteiger partial charge >= 0.3 is 5.92 Å². The number of nitrogens with one attached hydrogen (secondary N) is 1. The second-order valence-corrected chi connectivity index (χ2v) is 6.25. The summed E-state index contributed by atoms with van der Waals surface area (Å²) in [5.41, 5.74) is 0.910. The highest BCUT2D eigenvalue weighted by Crippen LogP contribution is 2.35. The Labute approximate surface area is 153 Å². The number of aliphatic imine (C=N–C) groups is 1. The summed E-state index contributed by atoms with van der Waals surface area (Å²) >= 11 is 0. The molecule has 2 heterocycles. The first-order valence-electron chi connectivity index (χ1n) is 8.34. The maximum Gasteiger partial charge on any atom is 0.331 e. The maximum atomic E-state index is 15.0. The Hall–Kier alpha value is -3.22. The van der Waals surface area contributed by atoms with Crippen molar-refractivity contribution in [2.75, 3.05) is 11.9 Å². The van der Waals surface area contributed by atoms with Crippen LogP contribution >= 0.6 is 0 Å². The van der Waals surface area contributed by atoms with Crippen LogP contribution in [0.2, 0.25) is 0 Å². The molecule has 1 aromatic heterocycles. The molecule has 0 fully saturated rings. The Morgan fingerprint density at radius 3 is 2.52 bits per heavy atom. The predicted molar refractivity (Wildman–Crippen MR) is 98.7 cm³/mol. The minimum atomic E-state index is -3.48. The van der Waals surface area contributed by atoms with Gasteiger partial charge in [-0.3, -0.25) is 4.99 Å². The number of anilines is 1. The third-order valence-corrected chi connectivity index (χ3v) is 4.23. The number of amidine groups is 1. The summed E-state index contributed by atoms with van der Waals surface area (Å²) in [4.78, 5) is 12.4. The number of hydrogen-bond donors (Lipinski definition) is 1. The van der Waals surface area contributed by atoms with E-state index in [2.05, 4.69) is 20.3 Å². The topological polar surface area (TPSA) is 50.2 Å². The zero-order valence-electron chi connectivity index (χ0n) is 14.4. The molecule has 1 aliphatic rings. The summed E-state index contributed by atoms with van der Waals surface area (Å²) in [5, 5.41) is 3.61. The van der Waals surface area contributed by atoms with Crippen molar-refractivity contribution in [2.45, 2.75) is 12.8 Å². The van der Waals surface area contributed by atoms with Crippen LogP contribution in [0, 0.1) is 12.7 Å². The molecule has 0 aliphatic carbocycles. The van der Waals surface area contributed by atoms with Crippen molar-refractivity contribution in [3.05, 3.63) is 77.4 Å². The smallest absolute Gasteiger partial charge is 0.325 e. The highest BCUT2D eigenvalue weighted by Gasteiger charge is 2.38. The monoisotopic (exact) mass is 368 g/mol. The van der Waals surface area contributed by atoms with Crippen molar-refractivity contribution in [3.8, 4) is 0 Å². The van der Waals surface area contributed by atoms with E-state index >= 15 is 8.78 Å². The quantitative estimate of drug-likeness (QED) is 0.735. The van der Waals surface area contributed by atoms with Crippen LogP contribution in [-0.4, -0.2) is 22.3 Å². The lowest BCUT2D eigenvalue weighted by Gasteiger charge is -2.18. The fraction of sp³-hybridized carbons (Fsp3) is 0.150. The lowest BCUT2D eigenvalue weighted by atomic mass is 10.1. The number of rotatable bonds is 3. The molecule has 0 radical (unpaired) electrons. The standard InChI is InChI=1S/C20H15F3N4/c1-12-4-9-15-16(11-12)25-19(27-18(15)26-17-3-2-10-24-17)20(22,23)13-5-7-14(21)8-6-13/h2-9,11H,10H2,1H3,(H,24,25,26,27). The van der Waals surface area contributed by atoms with Gasteiger partial charge in [0.2, 0.25) is 5.82 Å². The molecule has 0 bridgehead atoms. The maximum absolute atomic E-state index is 15.0. The molecule has 136 valence electrons. The van der Waals surface area contributed by atoms with Gasteiger partial charge in [-0.2, -0.15) is 8.78 Å². The van der Waals surface area contributed by atoms with Crippen molar-refractivity contribution in [1.82, 2.24) is 9.97 Å². The predicted octanol–water partition coefficient (Wildman–Crippen LogP) is 4.60. The van der Waals surface area contributed by atoms with Gasteiger partial charge in [0.1, 0.15) is 17.5 Å². The van der Waals surface area contributed by atoms with Crippen molar-refractivity contribution < 1.29 is 13.2 Å². The second kappa shape index (κ2) is 6.50. The fourth-order valence-corrected chi connectivity index (χ4v) is 2.83. The Morgan fingerprint density at radius 1 is 1.04 bits per heavy atom. The highest BCUT2D eigenvalue weighted by molar-refractivity contribution is 6.08. The number of aromatic nitrogens is 2. The molecule has 1 N–H and O–H groups in total. The molecule has 4 nitrogen and oxygen atoms in total. The van der Waals surface area contributed by atoms with Crippen LogP contribution in [0.25, 0.3) is 10.9 Å². The van der Waals surface area contributed by atoms with Crippen LogP contribution in [0.3, 0.4) is 0 Å². The summed E-state index contributed by atoms with van der Waals surface area (Å²) in [5.74, 6) is -3.92. The first-order chi connectivity index (χ1) is 12.9. The molecule has 0 spiro atoms. The minimum Gasteiger partial charge on any atom is -0.325 e. The van der Waals surface area contributed by atoms with E-state index in [-0.39, 0.29) is 11.4 Å². The largest absolute Gasteiger partial charge is 0.331 e. The lowest BCUT2D eigenvalue weighted by molar-refractivity contribution is 0.0333.